The lowest BCUT2D eigenvalue weighted by atomic mass is 9.82. The Morgan fingerprint density at radius 2 is 2.00 bits per heavy atom. The largest absolute Gasteiger partial charge is 0.376 e. The maximum Gasteiger partial charge on any atom is 0.178 e. The van der Waals surface area contributed by atoms with Crippen LogP contribution in [-0.4, -0.2) is 26.3 Å². The van der Waals surface area contributed by atoms with Gasteiger partial charge in [-0.25, -0.2) is 12.8 Å². The Labute approximate surface area is 214 Å². The van der Waals surface area contributed by atoms with Gasteiger partial charge in [-0.15, -0.1) is 0 Å². The fourth-order valence-corrected chi connectivity index (χ4v) is 6.91. The van der Waals surface area contributed by atoms with Gasteiger partial charge in [0.05, 0.1) is 18.2 Å². The highest BCUT2D eigenvalue weighted by Crippen LogP contribution is 2.50. The first-order chi connectivity index (χ1) is 16.7. The molecule has 0 bridgehead atoms. The minimum absolute atomic E-state index is 0.262. The average molecular weight is 522 g/mol. The summed E-state index contributed by atoms with van der Waals surface area (Å²) in [4.78, 5) is 4.45. The lowest BCUT2D eigenvalue weighted by Crippen LogP contribution is -2.13. The van der Waals surface area contributed by atoms with Crippen LogP contribution in [0.2, 0.25) is 5.02 Å². The lowest BCUT2D eigenvalue weighted by Gasteiger charge is -2.24. The van der Waals surface area contributed by atoms with Crippen molar-refractivity contribution in [3.8, 4) is 0 Å². The minimum Gasteiger partial charge on any atom is -0.376 e. The Bertz CT molecular complexity index is 1140. The van der Waals surface area contributed by atoms with E-state index in [9.17, 15) is 12.8 Å². The van der Waals surface area contributed by atoms with Crippen molar-refractivity contribution >= 4 is 21.4 Å². The van der Waals surface area contributed by atoms with Crippen LogP contribution in [0, 0.1) is 29.5 Å². The third-order valence-corrected chi connectivity index (χ3v) is 9.46. The summed E-state index contributed by atoms with van der Waals surface area (Å²) in [6, 6.07) is 6.31. The van der Waals surface area contributed by atoms with Crippen LogP contribution in [0.1, 0.15) is 75.1 Å². The third kappa shape index (κ3) is 6.64. The maximum absolute atomic E-state index is 14.1. The van der Waals surface area contributed by atoms with Crippen molar-refractivity contribution in [3.63, 3.8) is 0 Å². The molecule has 4 nitrogen and oxygen atoms in total. The molecular formula is C28H37ClFNO3S. The van der Waals surface area contributed by atoms with Gasteiger partial charge in [-0.3, -0.25) is 4.98 Å². The van der Waals surface area contributed by atoms with Crippen molar-refractivity contribution in [1.82, 2.24) is 4.98 Å². The number of sulfone groups is 1. The van der Waals surface area contributed by atoms with Crippen molar-refractivity contribution in [2.24, 2.45) is 23.7 Å². The summed E-state index contributed by atoms with van der Waals surface area (Å²) in [5.74, 6) is 2.48. The van der Waals surface area contributed by atoms with E-state index in [4.69, 9.17) is 21.3 Å². The van der Waals surface area contributed by atoms with Crippen molar-refractivity contribution in [2.75, 3.05) is 12.9 Å². The van der Waals surface area contributed by atoms with E-state index in [1.165, 1.54) is 61.9 Å². The highest BCUT2D eigenvalue weighted by atomic mass is 35.5. The monoisotopic (exact) mass is 521 g/mol. The standard InChI is InChI=1S/C28H37ClFNO3S/c1-4-20-13-24(29)15-31-28(20)18(2)21-6-5-7-22(10-9-21)25-14-23(25)17-34-16-19-8-11-27(26(30)12-19)35(3,32)33/h8,11-13,15,18,21-23,25H,4-7,9-10,14,16-17H2,1-3H3. The van der Waals surface area contributed by atoms with E-state index in [1.807, 2.05) is 0 Å². The molecule has 1 aromatic heterocycles. The Balaban J connectivity index is 1.25. The van der Waals surface area contributed by atoms with Gasteiger partial charge in [-0.05, 0) is 85.1 Å². The van der Waals surface area contributed by atoms with Crippen LogP contribution in [-0.2, 0) is 27.6 Å². The Morgan fingerprint density at radius 3 is 2.71 bits per heavy atom. The van der Waals surface area contributed by atoms with E-state index in [-0.39, 0.29) is 4.90 Å². The number of halogens is 2. The molecule has 192 valence electrons. The molecule has 2 saturated carbocycles. The van der Waals surface area contributed by atoms with Gasteiger partial charge >= 0.3 is 0 Å². The summed E-state index contributed by atoms with van der Waals surface area (Å²) >= 11 is 6.18. The fraction of sp³-hybridized carbons (Fsp3) is 0.607. The zero-order valence-corrected chi connectivity index (χ0v) is 22.5. The van der Waals surface area contributed by atoms with E-state index >= 15 is 0 Å². The van der Waals surface area contributed by atoms with Crippen LogP contribution < -0.4 is 0 Å². The van der Waals surface area contributed by atoms with Gasteiger partial charge in [0.2, 0.25) is 0 Å². The lowest BCUT2D eigenvalue weighted by molar-refractivity contribution is 0.104. The number of aryl methyl sites for hydroxylation is 1. The van der Waals surface area contributed by atoms with Gasteiger partial charge in [0.25, 0.3) is 0 Å². The van der Waals surface area contributed by atoms with Crippen LogP contribution in [0.5, 0.6) is 0 Å². The Hall–Kier alpha value is -1.50. The molecule has 0 N–H and O–H groups in total. The highest BCUT2D eigenvalue weighted by molar-refractivity contribution is 7.90. The van der Waals surface area contributed by atoms with Gasteiger partial charge in [0, 0.05) is 24.1 Å². The molecule has 35 heavy (non-hydrogen) atoms. The fourth-order valence-electron chi connectivity index (χ4n) is 6.00. The van der Waals surface area contributed by atoms with Gasteiger partial charge in [-0.1, -0.05) is 44.4 Å². The molecule has 0 aliphatic heterocycles. The Kier molecular flexibility index (Phi) is 8.55. The molecule has 1 aromatic carbocycles. The van der Waals surface area contributed by atoms with Crippen LogP contribution in [0.25, 0.3) is 0 Å². The molecule has 0 radical (unpaired) electrons. The first kappa shape index (κ1) is 26.6. The molecule has 0 saturated heterocycles. The molecule has 2 fully saturated rings. The van der Waals surface area contributed by atoms with Crippen molar-refractivity contribution in [2.45, 2.75) is 76.2 Å². The van der Waals surface area contributed by atoms with Gasteiger partial charge in [0.15, 0.2) is 9.84 Å². The smallest absolute Gasteiger partial charge is 0.178 e. The number of pyridine rings is 1. The topological polar surface area (TPSA) is 56.3 Å². The number of nitrogens with zero attached hydrogens (tertiary/aromatic N) is 1. The zero-order valence-electron chi connectivity index (χ0n) is 21.0. The molecule has 5 atom stereocenters. The van der Waals surface area contributed by atoms with Gasteiger partial charge in [-0.2, -0.15) is 0 Å². The van der Waals surface area contributed by atoms with E-state index in [1.54, 1.807) is 12.3 Å². The molecular weight excluding hydrogens is 485 g/mol. The van der Waals surface area contributed by atoms with Gasteiger partial charge in [0.1, 0.15) is 10.7 Å². The second kappa shape index (κ2) is 11.3. The summed E-state index contributed by atoms with van der Waals surface area (Å²) in [5, 5.41) is 0.719. The van der Waals surface area contributed by atoms with Crippen LogP contribution in [0.4, 0.5) is 4.39 Å². The molecule has 7 heteroatoms. The van der Waals surface area contributed by atoms with Crippen molar-refractivity contribution < 1.29 is 17.5 Å². The summed E-state index contributed by atoms with van der Waals surface area (Å²) in [7, 11) is -3.55. The van der Waals surface area contributed by atoms with Crippen LogP contribution in [0.15, 0.2) is 35.4 Å². The van der Waals surface area contributed by atoms with E-state index in [2.05, 4.69) is 19.9 Å². The maximum atomic E-state index is 14.1. The summed E-state index contributed by atoms with van der Waals surface area (Å²) in [6.07, 6.45) is 11.3. The number of hydrogen-bond acceptors (Lipinski definition) is 4. The molecule has 0 amide bonds. The number of rotatable bonds is 9. The molecule has 2 aliphatic carbocycles. The molecule has 4 rings (SSSR count). The third-order valence-electron chi connectivity index (χ3n) is 8.12. The second-order valence-electron chi connectivity index (χ2n) is 10.6. The molecule has 5 unspecified atom stereocenters. The predicted molar refractivity (Wildman–Crippen MR) is 138 cm³/mol. The summed E-state index contributed by atoms with van der Waals surface area (Å²) < 4.78 is 43.2. The van der Waals surface area contributed by atoms with Crippen molar-refractivity contribution in [3.05, 3.63) is 58.1 Å². The molecule has 1 heterocycles. The predicted octanol–water partition coefficient (Wildman–Crippen LogP) is 6.99. The minimum atomic E-state index is -3.55. The molecule has 2 aromatic rings. The number of aromatic nitrogens is 1. The first-order valence-electron chi connectivity index (χ1n) is 12.9. The number of benzene rings is 1. The number of ether oxygens (including phenoxy) is 1. The molecule has 0 spiro atoms. The highest BCUT2D eigenvalue weighted by Gasteiger charge is 2.43. The average Bonchev–Trinajstić information content (AvgIpc) is 3.60. The van der Waals surface area contributed by atoms with E-state index in [0.717, 1.165) is 29.5 Å². The first-order valence-corrected chi connectivity index (χ1v) is 15.1. The SMILES string of the molecule is CCc1cc(Cl)cnc1C(C)C1CCCC(C2CC2COCc2ccc(S(C)(=O)=O)c(F)c2)CC1. The van der Waals surface area contributed by atoms with Crippen molar-refractivity contribution in [1.29, 1.82) is 0 Å². The summed E-state index contributed by atoms with van der Waals surface area (Å²) in [5.41, 5.74) is 3.16. The number of hydrogen-bond donors (Lipinski definition) is 0. The molecule has 2 aliphatic rings. The zero-order chi connectivity index (χ0) is 25.2. The normalized spacial score (nSPS) is 25.7. The van der Waals surface area contributed by atoms with E-state index in [0.29, 0.717) is 36.5 Å². The Morgan fingerprint density at radius 1 is 1.20 bits per heavy atom. The second-order valence-corrected chi connectivity index (χ2v) is 13.0. The van der Waals surface area contributed by atoms with Crippen LogP contribution in [0.3, 0.4) is 0 Å². The van der Waals surface area contributed by atoms with Gasteiger partial charge < -0.3 is 4.74 Å². The van der Waals surface area contributed by atoms with Crippen LogP contribution >= 0.6 is 11.6 Å². The summed E-state index contributed by atoms with van der Waals surface area (Å²) in [6.45, 7) is 5.50. The quantitative estimate of drug-likeness (QED) is 0.333. The van der Waals surface area contributed by atoms with E-state index < -0.39 is 15.7 Å².